The molecule has 0 saturated carbocycles. The molecule has 0 bridgehead atoms. The molecule has 5 heteroatoms. The molecule has 29 heavy (non-hydrogen) atoms. The Labute approximate surface area is 171 Å². The predicted molar refractivity (Wildman–Crippen MR) is 113 cm³/mol. The normalized spacial score (nSPS) is 14.0. The maximum atomic E-state index is 12.1. The van der Waals surface area contributed by atoms with Crippen molar-refractivity contribution < 1.29 is 4.79 Å². The van der Waals surface area contributed by atoms with E-state index in [0.29, 0.717) is 12.0 Å². The van der Waals surface area contributed by atoms with Gasteiger partial charge in [-0.15, -0.1) is 0 Å². The SMILES string of the molecule is N#Cc1ccc(Cn2cncc2CCc2ccc(N3CCCCC3=O)cc2)cc1. The highest BCUT2D eigenvalue weighted by Gasteiger charge is 2.19. The number of hydrogen-bond acceptors (Lipinski definition) is 3. The molecule has 2 aromatic carbocycles. The van der Waals surface area contributed by atoms with Gasteiger partial charge in [0.15, 0.2) is 0 Å². The van der Waals surface area contributed by atoms with Crippen LogP contribution in [0.3, 0.4) is 0 Å². The Bertz CT molecular complexity index is 1010. The minimum absolute atomic E-state index is 0.232. The van der Waals surface area contributed by atoms with Gasteiger partial charge in [0.2, 0.25) is 5.91 Å². The molecule has 0 spiro atoms. The minimum Gasteiger partial charge on any atom is -0.330 e. The first-order valence-electron chi connectivity index (χ1n) is 10.1. The molecule has 0 unspecified atom stereocenters. The van der Waals surface area contributed by atoms with Crippen molar-refractivity contribution in [3.8, 4) is 6.07 Å². The molecular formula is C24H24N4O. The van der Waals surface area contributed by atoms with Crippen molar-refractivity contribution in [2.24, 2.45) is 0 Å². The first-order valence-corrected chi connectivity index (χ1v) is 10.1. The third-order valence-corrected chi connectivity index (χ3v) is 5.48. The second-order valence-corrected chi connectivity index (χ2v) is 7.49. The summed E-state index contributed by atoms with van der Waals surface area (Å²) in [6.07, 6.45) is 8.35. The number of imidazole rings is 1. The third-order valence-electron chi connectivity index (χ3n) is 5.48. The number of aryl methyl sites for hydroxylation is 2. The standard InChI is InChI=1S/C24H24N4O/c25-15-20-4-6-21(7-5-20)17-27-18-26-16-23(27)13-10-19-8-11-22(12-9-19)28-14-2-1-3-24(28)29/h4-9,11-12,16,18H,1-3,10,13-14,17H2. The topological polar surface area (TPSA) is 61.9 Å². The van der Waals surface area contributed by atoms with E-state index in [0.717, 1.165) is 50.0 Å². The first kappa shape index (κ1) is 18.9. The van der Waals surface area contributed by atoms with Gasteiger partial charge in [-0.1, -0.05) is 24.3 Å². The fourth-order valence-corrected chi connectivity index (χ4v) is 3.77. The Balaban J connectivity index is 1.37. The number of rotatable bonds is 6. The van der Waals surface area contributed by atoms with Crippen molar-refractivity contribution >= 4 is 11.6 Å². The van der Waals surface area contributed by atoms with E-state index in [9.17, 15) is 4.79 Å². The van der Waals surface area contributed by atoms with Crippen LogP contribution in [0.25, 0.3) is 0 Å². The number of carbonyl (C=O) groups excluding carboxylic acids is 1. The van der Waals surface area contributed by atoms with Crippen molar-refractivity contribution in [2.45, 2.75) is 38.6 Å². The summed E-state index contributed by atoms with van der Waals surface area (Å²) < 4.78 is 2.15. The van der Waals surface area contributed by atoms with Gasteiger partial charge in [0.1, 0.15) is 0 Å². The zero-order valence-electron chi connectivity index (χ0n) is 16.4. The van der Waals surface area contributed by atoms with E-state index in [-0.39, 0.29) is 5.91 Å². The maximum Gasteiger partial charge on any atom is 0.226 e. The zero-order valence-corrected chi connectivity index (χ0v) is 16.4. The average Bonchev–Trinajstić information content (AvgIpc) is 3.20. The van der Waals surface area contributed by atoms with Crippen molar-refractivity contribution in [1.29, 1.82) is 5.26 Å². The van der Waals surface area contributed by atoms with E-state index in [1.54, 1.807) is 0 Å². The van der Waals surface area contributed by atoms with Gasteiger partial charge in [0, 0.05) is 37.1 Å². The number of carbonyl (C=O) groups is 1. The molecule has 4 rings (SSSR count). The fraction of sp³-hybridized carbons (Fsp3) is 0.292. The molecule has 0 radical (unpaired) electrons. The Morgan fingerprint density at radius 2 is 1.72 bits per heavy atom. The number of piperidine rings is 1. The van der Waals surface area contributed by atoms with Gasteiger partial charge < -0.3 is 9.47 Å². The Morgan fingerprint density at radius 3 is 2.45 bits per heavy atom. The predicted octanol–water partition coefficient (Wildman–Crippen LogP) is 4.11. The summed E-state index contributed by atoms with van der Waals surface area (Å²) >= 11 is 0. The lowest BCUT2D eigenvalue weighted by atomic mass is 10.1. The smallest absolute Gasteiger partial charge is 0.226 e. The number of aromatic nitrogens is 2. The number of hydrogen-bond donors (Lipinski definition) is 0. The van der Waals surface area contributed by atoms with Crippen molar-refractivity contribution in [3.63, 3.8) is 0 Å². The number of nitrogens with zero attached hydrogens (tertiary/aromatic N) is 4. The van der Waals surface area contributed by atoms with Crippen LogP contribution < -0.4 is 4.90 Å². The van der Waals surface area contributed by atoms with Gasteiger partial charge in [0.05, 0.1) is 18.0 Å². The van der Waals surface area contributed by atoms with Crippen LogP contribution in [0, 0.1) is 11.3 Å². The molecule has 1 amide bonds. The second kappa shape index (κ2) is 8.74. The summed E-state index contributed by atoms with van der Waals surface area (Å²) in [7, 11) is 0. The van der Waals surface area contributed by atoms with E-state index >= 15 is 0 Å². The fourth-order valence-electron chi connectivity index (χ4n) is 3.77. The lowest BCUT2D eigenvalue weighted by molar-refractivity contribution is -0.119. The van der Waals surface area contributed by atoms with Crippen LogP contribution in [-0.2, 0) is 24.2 Å². The van der Waals surface area contributed by atoms with Crippen molar-refractivity contribution in [3.05, 3.63) is 83.4 Å². The highest BCUT2D eigenvalue weighted by Crippen LogP contribution is 2.22. The number of benzene rings is 2. The molecule has 0 aliphatic carbocycles. The van der Waals surface area contributed by atoms with Crippen LogP contribution in [0.1, 0.15) is 41.6 Å². The quantitative estimate of drug-likeness (QED) is 0.643. The molecular weight excluding hydrogens is 360 g/mol. The molecule has 1 aliphatic rings. The van der Waals surface area contributed by atoms with Gasteiger partial charge in [-0.3, -0.25) is 4.79 Å². The highest BCUT2D eigenvalue weighted by atomic mass is 16.2. The van der Waals surface area contributed by atoms with Gasteiger partial charge in [-0.2, -0.15) is 5.26 Å². The third kappa shape index (κ3) is 4.55. The Morgan fingerprint density at radius 1 is 0.966 bits per heavy atom. The van der Waals surface area contributed by atoms with Crippen LogP contribution in [0.5, 0.6) is 0 Å². The maximum absolute atomic E-state index is 12.1. The van der Waals surface area contributed by atoms with Crippen LogP contribution in [0.4, 0.5) is 5.69 Å². The molecule has 0 atom stereocenters. The van der Waals surface area contributed by atoms with Gasteiger partial charge in [0.25, 0.3) is 0 Å². The monoisotopic (exact) mass is 384 g/mol. The summed E-state index contributed by atoms with van der Waals surface area (Å²) in [6, 6.07) is 18.2. The molecule has 5 nitrogen and oxygen atoms in total. The van der Waals surface area contributed by atoms with Crippen LogP contribution in [0.15, 0.2) is 61.1 Å². The molecule has 2 heterocycles. The number of nitriles is 1. The van der Waals surface area contributed by atoms with Crippen LogP contribution >= 0.6 is 0 Å². The Kier molecular flexibility index (Phi) is 5.71. The van der Waals surface area contributed by atoms with Gasteiger partial charge >= 0.3 is 0 Å². The second-order valence-electron chi connectivity index (χ2n) is 7.49. The van der Waals surface area contributed by atoms with E-state index in [1.165, 1.54) is 11.3 Å². The summed E-state index contributed by atoms with van der Waals surface area (Å²) in [5, 5.41) is 8.93. The summed E-state index contributed by atoms with van der Waals surface area (Å²) in [5.41, 5.74) is 5.27. The number of anilines is 1. The van der Waals surface area contributed by atoms with Gasteiger partial charge in [-0.25, -0.2) is 4.98 Å². The molecule has 3 aromatic rings. The Hall–Kier alpha value is -3.39. The lowest BCUT2D eigenvalue weighted by Crippen LogP contribution is -2.35. The molecule has 146 valence electrons. The van der Waals surface area contributed by atoms with Crippen molar-refractivity contribution in [1.82, 2.24) is 9.55 Å². The van der Waals surface area contributed by atoms with Crippen molar-refractivity contribution in [2.75, 3.05) is 11.4 Å². The highest BCUT2D eigenvalue weighted by molar-refractivity contribution is 5.93. The molecule has 1 aromatic heterocycles. The molecule has 1 saturated heterocycles. The molecule has 1 aliphatic heterocycles. The van der Waals surface area contributed by atoms with Crippen LogP contribution in [0.2, 0.25) is 0 Å². The van der Waals surface area contributed by atoms with E-state index in [1.807, 2.05) is 41.7 Å². The number of amides is 1. The van der Waals surface area contributed by atoms with E-state index in [2.05, 4.69) is 39.9 Å². The van der Waals surface area contributed by atoms with Gasteiger partial charge in [-0.05, 0) is 61.1 Å². The van der Waals surface area contributed by atoms with E-state index < -0.39 is 0 Å². The summed E-state index contributed by atoms with van der Waals surface area (Å²) in [5.74, 6) is 0.232. The van der Waals surface area contributed by atoms with E-state index in [4.69, 9.17) is 5.26 Å². The first-order chi connectivity index (χ1) is 14.2. The zero-order chi connectivity index (χ0) is 20.1. The molecule has 0 N–H and O–H groups in total. The molecule has 1 fully saturated rings. The summed E-state index contributed by atoms with van der Waals surface area (Å²) in [6.45, 7) is 1.57. The van der Waals surface area contributed by atoms with Crippen LogP contribution in [-0.4, -0.2) is 22.0 Å². The largest absolute Gasteiger partial charge is 0.330 e. The summed E-state index contributed by atoms with van der Waals surface area (Å²) in [4.78, 5) is 18.3. The minimum atomic E-state index is 0.232. The lowest BCUT2D eigenvalue weighted by Gasteiger charge is -2.26. The average molecular weight is 384 g/mol.